The zero-order chi connectivity index (χ0) is 11.4. The summed E-state index contributed by atoms with van der Waals surface area (Å²) in [5.74, 6) is -2.72. The van der Waals surface area contributed by atoms with Crippen LogP contribution in [0.15, 0.2) is 0 Å². The number of carbonyl (C=O) groups excluding carboxylic acids is 4. The quantitative estimate of drug-likeness (QED) is 0.539. The largest absolute Gasteiger partial charge is 0.358 e. The maximum atomic E-state index is 11.0. The summed E-state index contributed by atoms with van der Waals surface area (Å²) in [7, 11) is 0. The summed E-state index contributed by atoms with van der Waals surface area (Å²) in [6, 6.07) is 0. The predicted molar refractivity (Wildman–Crippen MR) is 42.0 cm³/mol. The maximum Gasteiger partial charge on any atom is 0.358 e. The molecule has 0 aromatic carbocycles. The van der Waals surface area contributed by atoms with Crippen LogP contribution in [-0.2, 0) is 29.1 Å². The first-order valence-corrected chi connectivity index (χ1v) is 4.14. The second kappa shape index (κ2) is 4.65. The highest BCUT2D eigenvalue weighted by molar-refractivity contribution is 6.00. The third-order valence-electron chi connectivity index (χ3n) is 1.72. The molecule has 0 saturated carbocycles. The molecule has 1 aliphatic rings. The van der Waals surface area contributed by atoms with Crippen molar-refractivity contribution < 1.29 is 29.1 Å². The zero-order valence-corrected chi connectivity index (χ0v) is 7.60. The van der Waals surface area contributed by atoms with Gasteiger partial charge in [0.15, 0.2) is 6.10 Å². The zero-order valence-electron chi connectivity index (χ0n) is 7.60. The van der Waals surface area contributed by atoms with Crippen LogP contribution in [0.5, 0.6) is 0 Å². The Bertz CT molecular complexity index is 296. The van der Waals surface area contributed by atoms with Gasteiger partial charge >= 0.3 is 5.97 Å². The lowest BCUT2D eigenvalue weighted by Gasteiger charge is -2.15. The van der Waals surface area contributed by atoms with E-state index >= 15 is 0 Å². The number of rotatable bonds is 5. The lowest BCUT2D eigenvalue weighted by molar-refractivity contribution is -0.197. The Labute approximate surface area is 84.6 Å². The smallest absolute Gasteiger partial charge is 0.288 e. The maximum absolute atomic E-state index is 11.0. The van der Waals surface area contributed by atoms with Gasteiger partial charge in [-0.3, -0.25) is 19.2 Å². The number of hydroxylamine groups is 2. The van der Waals surface area contributed by atoms with Crippen molar-refractivity contribution >= 4 is 24.1 Å². The van der Waals surface area contributed by atoms with E-state index in [0.29, 0.717) is 5.06 Å². The van der Waals surface area contributed by atoms with Crippen LogP contribution in [-0.4, -0.2) is 35.2 Å². The van der Waals surface area contributed by atoms with Gasteiger partial charge in [0.2, 0.25) is 6.29 Å². The van der Waals surface area contributed by atoms with Crippen LogP contribution in [0.4, 0.5) is 0 Å². The third-order valence-corrected chi connectivity index (χ3v) is 1.72. The molecule has 2 radical (unpaired) electrons. The molecule has 7 nitrogen and oxygen atoms in total. The van der Waals surface area contributed by atoms with E-state index in [9.17, 15) is 24.3 Å². The first-order valence-electron chi connectivity index (χ1n) is 4.14. The lowest BCUT2D eigenvalue weighted by atomic mass is 10.3. The average Bonchev–Trinajstić information content (AvgIpc) is 2.47. The molecule has 1 saturated heterocycles. The Morgan fingerprint density at radius 2 is 1.93 bits per heavy atom. The third kappa shape index (κ3) is 2.84. The highest BCUT2D eigenvalue weighted by atomic mass is 16.7. The molecular formula is C8H7NO6. The van der Waals surface area contributed by atoms with Crippen LogP contribution < -0.4 is 0 Å². The molecule has 2 amide bonds. The van der Waals surface area contributed by atoms with Crippen LogP contribution in [0.1, 0.15) is 19.3 Å². The number of hydrogen-bond donors (Lipinski definition) is 0. The van der Waals surface area contributed by atoms with Crippen LogP contribution in [0.3, 0.4) is 0 Å². The molecular weight excluding hydrogens is 206 g/mol. The highest BCUT2D eigenvalue weighted by Crippen LogP contribution is 2.14. The Hall–Kier alpha value is -1.76. The average molecular weight is 213 g/mol. The number of carbonyl (C=O) groups is 3. The summed E-state index contributed by atoms with van der Waals surface area (Å²) in [5.41, 5.74) is 0. The number of nitrogens with zero attached hydrogens (tertiary/aromatic N) is 1. The second-order valence-corrected chi connectivity index (χ2v) is 2.87. The van der Waals surface area contributed by atoms with Gasteiger partial charge in [0, 0.05) is 12.8 Å². The first kappa shape index (κ1) is 11.3. The van der Waals surface area contributed by atoms with Crippen LogP contribution in [0.2, 0.25) is 0 Å². The van der Waals surface area contributed by atoms with Gasteiger partial charge in [-0.25, -0.2) is 9.90 Å². The van der Waals surface area contributed by atoms with Gasteiger partial charge < -0.3 is 0 Å². The molecule has 0 aliphatic carbocycles. The Balaban J connectivity index is 2.58. The van der Waals surface area contributed by atoms with E-state index in [1.54, 1.807) is 0 Å². The summed E-state index contributed by atoms with van der Waals surface area (Å²) in [6.07, 6.45) is -0.995. The van der Waals surface area contributed by atoms with E-state index in [-0.39, 0.29) is 12.8 Å². The van der Waals surface area contributed by atoms with Gasteiger partial charge in [-0.1, -0.05) is 0 Å². The molecule has 1 fully saturated rings. The van der Waals surface area contributed by atoms with Gasteiger partial charge in [0.25, 0.3) is 11.8 Å². The van der Waals surface area contributed by atoms with Gasteiger partial charge in [0.1, 0.15) is 0 Å². The summed E-state index contributed by atoms with van der Waals surface area (Å²) in [5, 5.41) is 10.5. The SMILES string of the molecule is [O]C(=O)CC([C]=O)ON1C(=O)CCC1=O. The molecule has 15 heavy (non-hydrogen) atoms. The van der Waals surface area contributed by atoms with E-state index in [0.717, 1.165) is 0 Å². The Morgan fingerprint density at radius 1 is 1.40 bits per heavy atom. The fraction of sp³-hybridized carbons (Fsp3) is 0.500. The fourth-order valence-corrected chi connectivity index (χ4v) is 1.05. The van der Waals surface area contributed by atoms with E-state index < -0.39 is 30.3 Å². The summed E-state index contributed by atoms with van der Waals surface area (Å²) in [6.45, 7) is 0. The van der Waals surface area contributed by atoms with Gasteiger partial charge in [0.05, 0.1) is 6.42 Å². The van der Waals surface area contributed by atoms with Crippen molar-refractivity contribution in [3.8, 4) is 0 Å². The molecule has 1 heterocycles. The van der Waals surface area contributed by atoms with Crippen molar-refractivity contribution in [3.05, 3.63) is 0 Å². The first-order chi connectivity index (χ1) is 7.04. The van der Waals surface area contributed by atoms with Gasteiger partial charge in [-0.15, -0.1) is 0 Å². The minimum absolute atomic E-state index is 0.00423. The van der Waals surface area contributed by atoms with E-state index in [4.69, 9.17) is 0 Å². The fourth-order valence-electron chi connectivity index (χ4n) is 1.05. The molecule has 1 unspecified atom stereocenters. The molecule has 0 aromatic rings. The molecule has 0 spiro atoms. The topological polar surface area (TPSA) is 101 Å². The molecule has 0 bridgehead atoms. The normalized spacial score (nSPS) is 18.0. The van der Waals surface area contributed by atoms with Crippen LogP contribution >= 0.6 is 0 Å². The summed E-state index contributed by atoms with van der Waals surface area (Å²) < 4.78 is 0. The molecule has 80 valence electrons. The minimum Gasteiger partial charge on any atom is -0.288 e. The predicted octanol–water partition coefficient (Wildman–Crippen LogP) is -1.11. The summed E-state index contributed by atoms with van der Waals surface area (Å²) >= 11 is 0. The molecule has 1 rings (SSSR count). The van der Waals surface area contributed by atoms with E-state index in [2.05, 4.69) is 4.84 Å². The molecule has 1 aliphatic heterocycles. The lowest BCUT2D eigenvalue weighted by Crippen LogP contribution is -2.35. The van der Waals surface area contributed by atoms with Crippen LogP contribution in [0, 0.1) is 0 Å². The van der Waals surface area contributed by atoms with E-state index in [1.165, 1.54) is 6.29 Å². The molecule has 7 heteroatoms. The number of imide groups is 1. The van der Waals surface area contributed by atoms with Crippen LogP contribution in [0.25, 0.3) is 0 Å². The monoisotopic (exact) mass is 213 g/mol. The second-order valence-electron chi connectivity index (χ2n) is 2.87. The summed E-state index contributed by atoms with van der Waals surface area (Å²) in [4.78, 5) is 47.0. The number of hydrogen-bond acceptors (Lipinski definition) is 5. The molecule has 0 aromatic heterocycles. The van der Waals surface area contributed by atoms with Crippen molar-refractivity contribution in [2.45, 2.75) is 25.4 Å². The minimum atomic E-state index is -1.53. The van der Waals surface area contributed by atoms with Crippen molar-refractivity contribution in [2.24, 2.45) is 0 Å². The van der Waals surface area contributed by atoms with Gasteiger partial charge in [-0.05, 0) is 0 Å². The number of amides is 2. The molecule has 1 atom stereocenters. The molecule has 0 N–H and O–H groups in total. The Kier molecular flexibility index (Phi) is 3.51. The highest BCUT2D eigenvalue weighted by Gasteiger charge is 2.33. The van der Waals surface area contributed by atoms with Gasteiger partial charge in [-0.2, -0.15) is 5.06 Å². The van der Waals surface area contributed by atoms with Crippen molar-refractivity contribution in [2.75, 3.05) is 0 Å². The standard InChI is InChI=1S/C8H7NO6/c10-4-5(3-8(13)14)15-9-6(11)1-2-7(9)12/h5H,1-3H2. The van der Waals surface area contributed by atoms with Crippen molar-refractivity contribution in [1.82, 2.24) is 5.06 Å². The Morgan fingerprint density at radius 3 is 2.33 bits per heavy atom. The van der Waals surface area contributed by atoms with E-state index in [1.807, 2.05) is 0 Å². The van der Waals surface area contributed by atoms with Crippen molar-refractivity contribution in [1.29, 1.82) is 0 Å². The van der Waals surface area contributed by atoms with Crippen molar-refractivity contribution in [3.63, 3.8) is 0 Å².